The summed E-state index contributed by atoms with van der Waals surface area (Å²) in [6, 6.07) is 55.3. The molecule has 0 bridgehead atoms. The lowest BCUT2D eigenvalue weighted by Gasteiger charge is -2.08. The Labute approximate surface area is 298 Å². The molecular formula is C42H30BrN7. The van der Waals surface area contributed by atoms with E-state index in [1.54, 1.807) is 0 Å². The second-order valence-electron chi connectivity index (χ2n) is 11.2. The van der Waals surface area contributed by atoms with Crippen LogP contribution in [-0.4, -0.2) is 29.9 Å². The molecule has 2 aromatic heterocycles. The van der Waals surface area contributed by atoms with Gasteiger partial charge in [0.2, 0.25) is 0 Å². The topological polar surface area (TPSA) is 103 Å². The first kappa shape index (κ1) is 32.2. The van der Waals surface area contributed by atoms with Crippen molar-refractivity contribution in [3.05, 3.63) is 174 Å². The first-order chi connectivity index (χ1) is 24.6. The van der Waals surface area contributed by atoms with Crippen molar-refractivity contribution in [3.8, 4) is 68.3 Å². The van der Waals surface area contributed by atoms with Crippen LogP contribution in [0, 0.1) is 0 Å². The standard InChI is InChI=1S/C21H14BrN3.C21H16N4/c2*22-18-13-11-17(12-14-18)21-24-19(15-7-3-1-4-8-15)23-20(25-21)16-9-5-2-6-10-16/h1-14H;1-14H,22H2. The van der Waals surface area contributed by atoms with Gasteiger partial charge in [0.15, 0.2) is 34.9 Å². The fraction of sp³-hybridized carbons (Fsp3) is 0. The minimum atomic E-state index is 0.632. The molecule has 0 spiro atoms. The molecule has 0 unspecified atom stereocenters. The van der Waals surface area contributed by atoms with E-state index in [-0.39, 0.29) is 0 Å². The average Bonchev–Trinajstić information content (AvgIpc) is 3.20. The van der Waals surface area contributed by atoms with Gasteiger partial charge in [0.25, 0.3) is 0 Å². The summed E-state index contributed by atoms with van der Waals surface area (Å²) in [5.41, 5.74) is 12.2. The zero-order valence-electron chi connectivity index (χ0n) is 26.8. The molecular weight excluding hydrogens is 682 g/mol. The zero-order chi connectivity index (χ0) is 34.1. The normalized spacial score (nSPS) is 10.6. The van der Waals surface area contributed by atoms with Crippen molar-refractivity contribution in [2.24, 2.45) is 0 Å². The van der Waals surface area contributed by atoms with Gasteiger partial charge < -0.3 is 5.73 Å². The third-order valence-electron chi connectivity index (χ3n) is 7.67. The molecule has 0 amide bonds. The van der Waals surface area contributed by atoms with Crippen LogP contribution in [0.1, 0.15) is 0 Å². The van der Waals surface area contributed by atoms with Crippen LogP contribution in [0.3, 0.4) is 0 Å². The lowest BCUT2D eigenvalue weighted by Crippen LogP contribution is -2.00. The number of aromatic nitrogens is 6. The third-order valence-corrected chi connectivity index (χ3v) is 8.20. The minimum Gasteiger partial charge on any atom is -0.399 e. The molecule has 0 atom stereocenters. The van der Waals surface area contributed by atoms with Crippen LogP contribution < -0.4 is 5.73 Å². The Morgan fingerprint density at radius 2 is 0.500 bits per heavy atom. The highest BCUT2D eigenvalue weighted by atomic mass is 79.9. The van der Waals surface area contributed by atoms with Crippen LogP contribution in [0.5, 0.6) is 0 Å². The fourth-order valence-electron chi connectivity index (χ4n) is 5.11. The lowest BCUT2D eigenvalue weighted by molar-refractivity contribution is 1.07. The number of nitrogens with zero attached hydrogens (tertiary/aromatic N) is 6. The van der Waals surface area contributed by atoms with Crippen LogP contribution >= 0.6 is 15.9 Å². The number of anilines is 1. The van der Waals surface area contributed by atoms with Gasteiger partial charge in [-0.2, -0.15) is 0 Å². The van der Waals surface area contributed by atoms with Crippen molar-refractivity contribution in [3.63, 3.8) is 0 Å². The number of nitrogen functional groups attached to an aromatic ring is 1. The maximum atomic E-state index is 5.79. The SMILES string of the molecule is Brc1ccc(-c2nc(-c3ccccc3)nc(-c3ccccc3)n2)cc1.Nc1ccc(-c2nc(-c3ccccc3)nc(-c3ccccc3)n2)cc1. The molecule has 0 radical (unpaired) electrons. The predicted octanol–water partition coefficient (Wildman–Crippen LogP) is 10.1. The summed E-state index contributed by atoms with van der Waals surface area (Å²) in [4.78, 5) is 28.1. The summed E-state index contributed by atoms with van der Waals surface area (Å²) in [7, 11) is 0. The zero-order valence-corrected chi connectivity index (χ0v) is 28.4. The van der Waals surface area contributed by atoms with Gasteiger partial charge in [0, 0.05) is 43.5 Å². The van der Waals surface area contributed by atoms with E-state index < -0.39 is 0 Å². The Kier molecular flexibility index (Phi) is 9.80. The molecule has 50 heavy (non-hydrogen) atoms. The van der Waals surface area contributed by atoms with Crippen molar-refractivity contribution in [2.75, 3.05) is 5.73 Å². The van der Waals surface area contributed by atoms with E-state index in [1.165, 1.54) is 0 Å². The van der Waals surface area contributed by atoms with E-state index in [4.69, 9.17) is 15.7 Å². The van der Waals surface area contributed by atoms with Gasteiger partial charge in [-0.1, -0.05) is 149 Å². The van der Waals surface area contributed by atoms with E-state index in [9.17, 15) is 0 Å². The number of halogens is 1. The fourth-order valence-corrected chi connectivity index (χ4v) is 5.37. The highest BCUT2D eigenvalue weighted by Crippen LogP contribution is 2.27. The van der Waals surface area contributed by atoms with Gasteiger partial charge in [-0.25, -0.2) is 29.9 Å². The number of nitrogens with two attached hydrogens (primary N) is 1. The van der Waals surface area contributed by atoms with E-state index in [2.05, 4.69) is 35.9 Å². The highest BCUT2D eigenvalue weighted by Gasteiger charge is 2.13. The lowest BCUT2D eigenvalue weighted by atomic mass is 10.1. The molecule has 6 aromatic carbocycles. The number of rotatable bonds is 6. The van der Waals surface area contributed by atoms with Gasteiger partial charge in [-0.3, -0.25) is 0 Å². The smallest absolute Gasteiger partial charge is 0.164 e. The number of hydrogen-bond donors (Lipinski definition) is 1. The van der Waals surface area contributed by atoms with Crippen LogP contribution in [0.2, 0.25) is 0 Å². The number of hydrogen-bond acceptors (Lipinski definition) is 7. The maximum absolute atomic E-state index is 5.79. The highest BCUT2D eigenvalue weighted by molar-refractivity contribution is 9.10. The summed E-state index contributed by atoms with van der Waals surface area (Å²) >= 11 is 3.47. The van der Waals surface area contributed by atoms with Crippen LogP contribution in [-0.2, 0) is 0 Å². The molecule has 8 rings (SSSR count). The van der Waals surface area contributed by atoms with Crippen molar-refractivity contribution in [1.82, 2.24) is 29.9 Å². The molecule has 0 saturated carbocycles. The van der Waals surface area contributed by atoms with Crippen molar-refractivity contribution in [2.45, 2.75) is 0 Å². The molecule has 2 N–H and O–H groups in total. The van der Waals surface area contributed by atoms with Crippen molar-refractivity contribution >= 4 is 21.6 Å². The molecule has 2 heterocycles. The summed E-state index contributed by atoms with van der Waals surface area (Å²) < 4.78 is 1.02. The van der Waals surface area contributed by atoms with Gasteiger partial charge in [-0.15, -0.1) is 0 Å². The summed E-state index contributed by atoms with van der Waals surface area (Å²) in [5, 5.41) is 0. The summed E-state index contributed by atoms with van der Waals surface area (Å²) in [6.45, 7) is 0. The monoisotopic (exact) mass is 711 g/mol. The Morgan fingerprint density at radius 1 is 0.280 bits per heavy atom. The van der Waals surface area contributed by atoms with Crippen LogP contribution in [0.4, 0.5) is 5.69 Å². The first-order valence-electron chi connectivity index (χ1n) is 15.9. The minimum absolute atomic E-state index is 0.632. The van der Waals surface area contributed by atoms with E-state index in [0.717, 1.165) is 37.9 Å². The Hall–Kier alpha value is -6.38. The van der Waals surface area contributed by atoms with Crippen molar-refractivity contribution in [1.29, 1.82) is 0 Å². The molecule has 0 aliphatic rings. The maximum Gasteiger partial charge on any atom is 0.164 e. The van der Waals surface area contributed by atoms with Gasteiger partial charge in [-0.05, 0) is 36.4 Å². The summed E-state index contributed by atoms with van der Waals surface area (Å²) in [6.07, 6.45) is 0. The van der Waals surface area contributed by atoms with Crippen molar-refractivity contribution < 1.29 is 0 Å². The quantitative estimate of drug-likeness (QED) is 0.171. The number of benzene rings is 6. The first-order valence-corrected chi connectivity index (χ1v) is 16.7. The predicted molar refractivity (Wildman–Crippen MR) is 204 cm³/mol. The van der Waals surface area contributed by atoms with Gasteiger partial charge in [0.05, 0.1) is 0 Å². The molecule has 240 valence electrons. The molecule has 7 nitrogen and oxygen atoms in total. The molecule has 0 saturated heterocycles. The second kappa shape index (κ2) is 15.2. The molecule has 0 aliphatic heterocycles. The second-order valence-corrected chi connectivity index (χ2v) is 12.1. The largest absolute Gasteiger partial charge is 0.399 e. The average molecular weight is 713 g/mol. The summed E-state index contributed by atoms with van der Waals surface area (Å²) in [5.74, 6) is 3.95. The molecule has 8 aromatic rings. The molecule has 0 aliphatic carbocycles. The molecule has 8 heteroatoms. The Morgan fingerprint density at radius 3 is 0.760 bits per heavy atom. The van der Waals surface area contributed by atoms with E-state index in [0.29, 0.717) is 40.6 Å². The van der Waals surface area contributed by atoms with Gasteiger partial charge in [0.1, 0.15) is 0 Å². The molecule has 0 fully saturated rings. The third kappa shape index (κ3) is 7.84. The Bertz CT molecular complexity index is 2020. The van der Waals surface area contributed by atoms with Crippen LogP contribution in [0.25, 0.3) is 68.3 Å². The van der Waals surface area contributed by atoms with E-state index >= 15 is 0 Å². The van der Waals surface area contributed by atoms with E-state index in [1.807, 2.05) is 170 Å². The van der Waals surface area contributed by atoms with Gasteiger partial charge >= 0.3 is 0 Å². The van der Waals surface area contributed by atoms with Crippen LogP contribution in [0.15, 0.2) is 174 Å². The Balaban J connectivity index is 0.000000157.